The van der Waals surface area contributed by atoms with E-state index in [1.807, 2.05) is 31.2 Å². The van der Waals surface area contributed by atoms with Crippen LogP contribution >= 0.6 is 15.9 Å². The molecule has 0 saturated carbocycles. The summed E-state index contributed by atoms with van der Waals surface area (Å²) in [6.45, 7) is 4.48. The number of halogens is 1. The SMILES string of the molecule is CCCOc1ccc(/C=C2\C(=O)NC(=O)N(c3cc4c5c(c3)[C@H](c3ccccc3)CCN5CC[C@@H]4c3ccccc3)C2=O)cc1Br. The number of amides is 4. The Balaban J connectivity index is 1.34. The maximum absolute atomic E-state index is 14.1. The molecular formula is C38H34BrN3O4. The van der Waals surface area contributed by atoms with E-state index >= 15 is 0 Å². The van der Waals surface area contributed by atoms with Crippen molar-refractivity contribution in [2.45, 2.75) is 38.0 Å². The fourth-order valence-electron chi connectivity index (χ4n) is 6.96. The third kappa shape index (κ3) is 5.51. The van der Waals surface area contributed by atoms with Crippen LogP contribution in [0, 0.1) is 0 Å². The number of benzene rings is 4. The second-order valence-electron chi connectivity index (χ2n) is 12.0. The summed E-state index contributed by atoms with van der Waals surface area (Å²) >= 11 is 3.53. The average molecular weight is 677 g/mol. The van der Waals surface area contributed by atoms with Gasteiger partial charge in [-0.25, -0.2) is 9.69 Å². The summed E-state index contributed by atoms with van der Waals surface area (Å²) < 4.78 is 6.46. The van der Waals surface area contributed by atoms with Crippen LogP contribution in [-0.2, 0) is 9.59 Å². The Hall–Kier alpha value is -4.69. The maximum Gasteiger partial charge on any atom is 0.335 e. The number of carbonyl (C=O) groups is 3. The maximum atomic E-state index is 14.1. The first-order valence-electron chi connectivity index (χ1n) is 15.8. The van der Waals surface area contributed by atoms with Gasteiger partial charge in [0.1, 0.15) is 11.3 Å². The van der Waals surface area contributed by atoms with Crippen LogP contribution in [0.15, 0.2) is 101 Å². The van der Waals surface area contributed by atoms with Crippen LogP contribution in [0.4, 0.5) is 16.2 Å². The fraction of sp³-hybridized carbons (Fsp3) is 0.237. The van der Waals surface area contributed by atoms with E-state index in [2.05, 4.69) is 74.7 Å². The van der Waals surface area contributed by atoms with Crippen molar-refractivity contribution in [1.29, 1.82) is 0 Å². The summed E-state index contributed by atoms with van der Waals surface area (Å²) in [6, 6.07) is 29.4. The Morgan fingerprint density at radius 3 is 2.02 bits per heavy atom. The van der Waals surface area contributed by atoms with Crippen LogP contribution in [0.2, 0.25) is 0 Å². The van der Waals surface area contributed by atoms with Crippen LogP contribution in [0.1, 0.15) is 65.8 Å². The van der Waals surface area contributed by atoms with E-state index in [-0.39, 0.29) is 17.4 Å². The highest BCUT2D eigenvalue weighted by atomic mass is 79.9. The number of imide groups is 2. The molecule has 4 aromatic carbocycles. The Labute approximate surface area is 277 Å². The zero-order chi connectivity index (χ0) is 31.8. The molecule has 46 heavy (non-hydrogen) atoms. The zero-order valence-electron chi connectivity index (χ0n) is 25.5. The molecule has 4 aromatic rings. The Morgan fingerprint density at radius 1 is 0.848 bits per heavy atom. The lowest BCUT2D eigenvalue weighted by Crippen LogP contribution is -2.54. The molecule has 3 aliphatic rings. The van der Waals surface area contributed by atoms with Gasteiger partial charge in [0, 0.05) is 30.6 Å². The van der Waals surface area contributed by atoms with E-state index in [1.165, 1.54) is 22.9 Å². The standard InChI is InChI=1S/C38H34BrN3O4/c1-2-19-46-34-14-13-24(21-33(34)39)20-32-36(43)40-38(45)42(37(32)44)27-22-30-28(25-9-5-3-6-10-25)15-17-41-18-16-29(31(23-27)35(30)41)26-11-7-4-8-12-26/h3-14,20-23,28-29H,2,15-19H2,1H3,(H,40,43,45)/b32-20+/t28-,29+. The minimum absolute atomic E-state index is 0.103. The number of anilines is 2. The first-order chi connectivity index (χ1) is 22.4. The molecule has 0 aromatic heterocycles. The number of urea groups is 1. The minimum Gasteiger partial charge on any atom is -0.492 e. The second kappa shape index (κ2) is 12.6. The normalized spacial score (nSPS) is 20.0. The second-order valence-corrected chi connectivity index (χ2v) is 12.8. The van der Waals surface area contributed by atoms with Crippen molar-refractivity contribution in [3.63, 3.8) is 0 Å². The fourth-order valence-corrected chi connectivity index (χ4v) is 7.47. The zero-order valence-corrected chi connectivity index (χ0v) is 27.1. The number of carbonyl (C=O) groups excluding carboxylic acids is 3. The molecule has 232 valence electrons. The van der Waals surface area contributed by atoms with E-state index in [0.29, 0.717) is 28.1 Å². The smallest absolute Gasteiger partial charge is 0.335 e. The summed E-state index contributed by atoms with van der Waals surface area (Å²) in [4.78, 5) is 44.2. The predicted molar refractivity (Wildman–Crippen MR) is 183 cm³/mol. The summed E-state index contributed by atoms with van der Waals surface area (Å²) in [6.07, 6.45) is 4.24. The van der Waals surface area contributed by atoms with E-state index in [0.717, 1.165) is 48.4 Å². The molecule has 8 heteroatoms. The average Bonchev–Trinajstić information content (AvgIpc) is 3.07. The van der Waals surface area contributed by atoms with E-state index < -0.39 is 17.8 Å². The van der Waals surface area contributed by atoms with Gasteiger partial charge in [-0.05, 0) is 93.4 Å². The summed E-state index contributed by atoms with van der Waals surface area (Å²) in [7, 11) is 0. The van der Waals surface area contributed by atoms with Crippen molar-refractivity contribution in [2.75, 3.05) is 29.5 Å². The number of ether oxygens (including phenoxy) is 1. The third-order valence-electron chi connectivity index (χ3n) is 9.09. The third-order valence-corrected chi connectivity index (χ3v) is 9.71. The highest BCUT2D eigenvalue weighted by molar-refractivity contribution is 9.10. The predicted octanol–water partition coefficient (Wildman–Crippen LogP) is 7.78. The highest BCUT2D eigenvalue weighted by Crippen LogP contribution is 2.50. The van der Waals surface area contributed by atoms with E-state index in [9.17, 15) is 14.4 Å². The van der Waals surface area contributed by atoms with Crippen molar-refractivity contribution >= 4 is 51.2 Å². The van der Waals surface area contributed by atoms with Gasteiger partial charge in [-0.15, -0.1) is 0 Å². The number of hydrogen-bond acceptors (Lipinski definition) is 5. The van der Waals surface area contributed by atoms with Crippen molar-refractivity contribution in [3.05, 3.63) is 129 Å². The van der Waals surface area contributed by atoms with Crippen LogP contribution in [-0.4, -0.2) is 37.5 Å². The Morgan fingerprint density at radius 2 is 1.46 bits per heavy atom. The van der Waals surface area contributed by atoms with E-state index in [4.69, 9.17) is 4.74 Å². The number of barbiturate groups is 1. The van der Waals surface area contributed by atoms with Crippen molar-refractivity contribution in [1.82, 2.24) is 5.32 Å². The van der Waals surface area contributed by atoms with Gasteiger partial charge in [0.2, 0.25) is 0 Å². The molecule has 3 heterocycles. The Bertz CT molecular complexity index is 1780. The van der Waals surface area contributed by atoms with Gasteiger partial charge in [-0.3, -0.25) is 14.9 Å². The molecule has 7 rings (SSSR count). The lowest BCUT2D eigenvalue weighted by molar-refractivity contribution is -0.122. The molecule has 7 nitrogen and oxygen atoms in total. The first-order valence-corrected chi connectivity index (χ1v) is 16.6. The van der Waals surface area contributed by atoms with Crippen molar-refractivity contribution in [2.24, 2.45) is 0 Å². The lowest BCUT2D eigenvalue weighted by Gasteiger charge is -2.44. The molecule has 1 N–H and O–H groups in total. The molecule has 2 atom stereocenters. The summed E-state index contributed by atoms with van der Waals surface area (Å²) in [5.41, 5.74) is 6.77. The van der Waals surface area contributed by atoms with Gasteiger partial charge in [0.15, 0.2) is 0 Å². The molecule has 0 unspecified atom stereocenters. The highest BCUT2D eigenvalue weighted by Gasteiger charge is 2.40. The van der Waals surface area contributed by atoms with Crippen LogP contribution in [0.3, 0.4) is 0 Å². The van der Waals surface area contributed by atoms with Gasteiger partial charge in [-0.2, -0.15) is 0 Å². The summed E-state index contributed by atoms with van der Waals surface area (Å²) in [5.74, 6) is -0.488. The monoisotopic (exact) mass is 675 g/mol. The van der Waals surface area contributed by atoms with Crippen LogP contribution < -0.4 is 19.9 Å². The largest absolute Gasteiger partial charge is 0.492 e. The molecule has 0 spiro atoms. The van der Waals surface area contributed by atoms with Gasteiger partial charge in [0.05, 0.1) is 16.8 Å². The topological polar surface area (TPSA) is 79.0 Å². The van der Waals surface area contributed by atoms with Gasteiger partial charge < -0.3 is 9.64 Å². The molecule has 0 bridgehead atoms. The molecule has 4 amide bonds. The molecule has 0 radical (unpaired) electrons. The van der Waals surface area contributed by atoms with E-state index in [1.54, 1.807) is 18.2 Å². The number of nitrogens with one attached hydrogen (secondary N) is 1. The van der Waals surface area contributed by atoms with Crippen molar-refractivity contribution < 1.29 is 19.1 Å². The Kier molecular flexibility index (Phi) is 8.21. The summed E-state index contributed by atoms with van der Waals surface area (Å²) in [5, 5.41) is 2.42. The molecule has 1 fully saturated rings. The first kappa shape index (κ1) is 30.0. The van der Waals surface area contributed by atoms with Gasteiger partial charge in [-0.1, -0.05) is 73.7 Å². The number of hydrogen-bond donors (Lipinski definition) is 1. The van der Waals surface area contributed by atoms with Gasteiger partial charge >= 0.3 is 6.03 Å². The van der Waals surface area contributed by atoms with Gasteiger partial charge in [0.25, 0.3) is 11.8 Å². The number of rotatable bonds is 7. The van der Waals surface area contributed by atoms with Crippen molar-refractivity contribution in [3.8, 4) is 5.75 Å². The van der Waals surface area contributed by atoms with Crippen LogP contribution in [0.5, 0.6) is 5.75 Å². The quantitative estimate of drug-likeness (QED) is 0.160. The molecule has 0 aliphatic carbocycles. The minimum atomic E-state index is -0.750. The molecular weight excluding hydrogens is 642 g/mol. The van der Waals surface area contributed by atoms with Crippen LogP contribution in [0.25, 0.3) is 6.08 Å². The number of nitrogens with zero attached hydrogens (tertiary/aromatic N) is 2. The lowest BCUT2D eigenvalue weighted by atomic mass is 9.76. The molecule has 3 aliphatic heterocycles. The molecule has 1 saturated heterocycles.